The molecule has 0 spiro atoms. The summed E-state index contributed by atoms with van der Waals surface area (Å²) in [4.78, 5) is 0. The van der Waals surface area contributed by atoms with E-state index >= 15 is 0 Å². The molecule has 1 heterocycles. The SMILES string of the molecule is N/C(Cn1ncc2ccccc21)=N\O. The maximum atomic E-state index is 8.43. The molecule has 0 radical (unpaired) electrons. The molecule has 0 atom stereocenters. The van der Waals surface area contributed by atoms with Crippen molar-refractivity contribution in [2.24, 2.45) is 10.9 Å². The van der Waals surface area contributed by atoms with Crippen molar-refractivity contribution in [1.29, 1.82) is 0 Å². The summed E-state index contributed by atoms with van der Waals surface area (Å²) in [5, 5.41) is 16.5. The number of benzene rings is 1. The first-order valence-corrected chi connectivity index (χ1v) is 4.18. The normalized spacial score (nSPS) is 12.1. The van der Waals surface area contributed by atoms with Crippen molar-refractivity contribution < 1.29 is 5.21 Å². The number of fused-ring (bicyclic) bond motifs is 1. The average molecular weight is 190 g/mol. The Labute approximate surface area is 80.4 Å². The van der Waals surface area contributed by atoms with Gasteiger partial charge >= 0.3 is 0 Å². The molecule has 0 unspecified atom stereocenters. The lowest BCUT2D eigenvalue weighted by atomic mass is 10.2. The van der Waals surface area contributed by atoms with Gasteiger partial charge in [-0.05, 0) is 6.07 Å². The van der Waals surface area contributed by atoms with Gasteiger partial charge in [0.1, 0.15) is 6.54 Å². The van der Waals surface area contributed by atoms with Crippen LogP contribution in [-0.2, 0) is 6.54 Å². The van der Waals surface area contributed by atoms with Gasteiger partial charge in [0.2, 0.25) is 0 Å². The van der Waals surface area contributed by atoms with Crippen LogP contribution in [0.4, 0.5) is 0 Å². The molecule has 1 aromatic carbocycles. The summed E-state index contributed by atoms with van der Waals surface area (Å²) in [6, 6.07) is 7.77. The molecule has 0 saturated carbocycles. The Kier molecular flexibility index (Phi) is 2.06. The maximum absolute atomic E-state index is 8.43. The third-order valence-corrected chi connectivity index (χ3v) is 1.99. The largest absolute Gasteiger partial charge is 0.409 e. The van der Waals surface area contributed by atoms with E-state index in [9.17, 15) is 0 Å². The van der Waals surface area contributed by atoms with Gasteiger partial charge in [-0.15, -0.1) is 0 Å². The third kappa shape index (κ3) is 1.39. The van der Waals surface area contributed by atoms with Crippen LogP contribution >= 0.6 is 0 Å². The number of hydrogen-bond donors (Lipinski definition) is 2. The molecule has 5 nitrogen and oxygen atoms in total. The summed E-state index contributed by atoms with van der Waals surface area (Å²) >= 11 is 0. The van der Waals surface area contributed by atoms with Crippen LogP contribution < -0.4 is 5.73 Å². The summed E-state index contributed by atoms with van der Waals surface area (Å²) in [7, 11) is 0. The quantitative estimate of drug-likeness (QED) is 0.318. The van der Waals surface area contributed by atoms with Crippen LogP contribution in [0, 0.1) is 0 Å². The first kappa shape index (κ1) is 8.55. The number of amidine groups is 1. The van der Waals surface area contributed by atoms with Gasteiger partial charge in [-0.3, -0.25) is 4.68 Å². The van der Waals surface area contributed by atoms with Crippen molar-refractivity contribution in [3.8, 4) is 0 Å². The summed E-state index contributed by atoms with van der Waals surface area (Å²) in [5.74, 6) is 0.138. The number of hydrogen-bond acceptors (Lipinski definition) is 3. The highest BCUT2D eigenvalue weighted by Crippen LogP contribution is 2.11. The van der Waals surface area contributed by atoms with Crippen molar-refractivity contribution in [2.75, 3.05) is 0 Å². The number of aromatic nitrogens is 2. The van der Waals surface area contributed by atoms with Crippen LogP contribution in [0.3, 0.4) is 0 Å². The van der Waals surface area contributed by atoms with Crippen molar-refractivity contribution >= 4 is 16.7 Å². The van der Waals surface area contributed by atoms with Crippen LogP contribution in [0.15, 0.2) is 35.6 Å². The van der Waals surface area contributed by atoms with E-state index < -0.39 is 0 Å². The fourth-order valence-corrected chi connectivity index (χ4v) is 1.34. The Morgan fingerprint density at radius 3 is 3.07 bits per heavy atom. The van der Waals surface area contributed by atoms with Gasteiger partial charge in [0, 0.05) is 5.39 Å². The molecule has 0 bridgehead atoms. The smallest absolute Gasteiger partial charge is 0.160 e. The monoisotopic (exact) mass is 190 g/mol. The summed E-state index contributed by atoms with van der Waals surface area (Å²) < 4.78 is 1.68. The molecule has 0 saturated heterocycles. The van der Waals surface area contributed by atoms with Crippen molar-refractivity contribution in [2.45, 2.75) is 6.54 Å². The first-order valence-electron chi connectivity index (χ1n) is 4.18. The Hall–Kier alpha value is -2.04. The van der Waals surface area contributed by atoms with Crippen LogP contribution in [0.2, 0.25) is 0 Å². The summed E-state index contributed by atoms with van der Waals surface area (Å²) in [6.45, 7) is 0.296. The molecule has 0 amide bonds. The number of oxime groups is 1. The molecule has 14 heavy (non-hydrogen) atoms. The Morgan fingerprint density at radius 2 is 2.29 bits per heavy atom. The van der Waals surface area contributed by atoms with Gasteiger partial charge in [-0.2, -0.15) is 5.10 Å². The van der Waals surface area contributed by atoms with Crippen LogP contribution in [0.1, 0.15) is 0 Å². The van der Waals surface area contributed by atoms with E-state index in [1.54, 1.807) is 10.9 Å². The zero-order chi connectivity index (χ0) is 9.97. The second-order valence-electron chi connectivity index (χ2n) is 2.95. The van der Waals surface area contributed by atoms with Gasteiger partial charge in [0.15, 0.2) is 5.84 Å². The number of rotatable bonds is 2. The lowest BCUT2D eigenvalue weighted by Crippen LogP contribution is -2.19. The third-order valence-electron chi connectivity index (χ3n) is 1.99. The van der Waals surface area contributed by atoms with E-state index in [2.05, 4.69) is 10.3 Å². The highest BCUT2D eigenvalue weighted by molar-refractivity contribution is 5.83. The molecule has 0 aliphatic rings. The van der Waals surface area contributed by atoms with Crippen molar-refractivity contribution in [3.05, 3.63) is 30.5 Å². The maximum Gasteiger partial charge on any atom is 0.160 e. The second-order valence-corrected chi connectivity index (χ2v) is 2.95. The van der Waals surface area contributed by atoms with E-state index in [0.717, 1.165) is 10.9 Å². The number of para-hydroxylation sites is 1. The highest BCUT2D eigenvalue weighted by atomic mass is 16.4. The van der Waals surface area contributed by atoms with E-state index in [1.807, 2.05) is 24.3 Å². The Bertz CT molecular complexity index is 474. The zero-order valence-electron chi connectivity index (χ0n) is 7.46. The number of nitrogens with two attached hydrogens (primary N) is 1. The molecule has 0 aliphatic carbocycles. The molecule has 5 heteroatoms. The van der Waals surface area contributed by atoms with E-state index in [1.165, 1.54) is 0 Å². The van der Waals surface area contributed by atoms with Gasteiger partial charge in [0.25, 0.3) is 0 Å². The predicted octanol–water partition coefficient (Wildman–Crippen LogP) is 0.783. The van der Waals surface area contributed by atoms with Gasteiger partial charge in [-0.25, -0.2) is 0 Å². The number of nitrogens with zero attached hydrogens (tertiary/aromatic N) is 3. The standard InChI is InChI=1S/C9H10N4O/c10-9(12-14)6-13-8-4-2-1-3-7(8)5-11-13/h1-5,14H,6H2,(H2,10,12). The van der Waals surface area contributed by atoms with Gasteiger partial charge < -0.3 is 10.9 Å². The topological polar surface area (TPSA) is 76.4 Å². The zero-order valence-corrected chi connectivity index (χ0v) is 7.46. The predicted molar refractivity (Wildman–Crippen MR) is 53.1 cm³/mol. The van der Waals surface area contributed by atoms with Crippen molar-refractivity contribution in [1.82, 2.24) is 9.78 Å². The Balaban J connectivity index is 2.43. The fraction of sp³-hybridized carbons (Fsp3) is 0.111. The molecule has 72 valence electrons. The molecule has 2 rings (SSSR count). The Morgan fingerprint density at radius 1 is 1.50 bits per heavy atom. The second kappa shape index (κ2) is 3.37. The molecule has 0 fully saturated rings. The first-order chi connectivity index (χ1) is 6.81. The molecular weight excluding hydrogens is 180 g/mol. The molecular formula is C9H10N4O. The minimum atomic E-state index is 0.138. The molecule has 1 aromatic heterocycles. The summed E-state index contributed by atoms with van der Waals surface area (Å²) in [6.07, 6.45) is 1.75. The molecule has 2 aromatic rings. The minimum absolute atomic E-state index is 0.138. The van der Waals surface area contributed by atoms with E-state index in [-0.39, 0.29) is 5.84 Å². The summed E-state index contributed by atoms with van der Waals surface area (Å²) in [5.41, 5.74) is 6.37. The van der Waals surface area contributed by atoms with Gasteiger partial charge in [0.05, 0.1) is 11.7 Å². The molecule has 0 aliphatic heterocycles. The minimum Gasteiger partial charge on any atom is -0.409 e. The van der Waals surface area contributed by atoms with Crippen LogP contribution in [-0.4, -0.2) is 20.8 Å². The lowest BCUT2D eigenvalue weighted by molar-refractivity contribution is 0.316. The lowest BCUT2D eigenvalue weighted by Gasteiger charge is -2.00. The van der Waals surface area contributed by atoms with Crippen molar-refractivity contribution in [3.63, 3.8) is 0 Å². The average Bonchev–Trinajstić information content (AvgIpc) is 2.62. The van der Waals surface area contributed by atoms with E-state index in [4.69, 9.17) is 10.9 Å². The van der Waals surface area contributed by atoms with Crippen LogP contribution in [0.5, 0.6) is 0 Å². The van der Waals surface area contributed by atoms with Gasteiger partial charge in [-0.1, -0.05) is 23.4 Å². The highest BCUT2D eigenvalue weighted by Gasteiger charge is 2.02. The molecule has 3 N–H and O–H groups in total. The van der Waals surface area contributed by atoms with E-state index in [0.29, 0.717) is 6.54 Å². The fourth-order valence-electron chi connectivity index (χ4n) is 1.34. The van der Waals surface area contributed by atoms with Crippen LogP contribution in [0.25, 0.3) is 10.9 Å².